The van der Waals surface area contributed by atoms with E-state index in [1.807, 2.05) is 6.07 Å². The first kappa shape index (κ1) is 11.1. The van der Waals surface area contributed by atoms with Crippen molar-refractivity contribution < 1.29 is 9.90 Å². The van der Waals surface area contributed by atoms with Gasteiger partial charge in [0.05, 0.1) is 11.3 Å². The second-order valence-electron chi connectivity index (χ2n) is 4.78. The molecule has 2 rings (SSSR count). The van der Waals surface area contributed by atoms with Gasteiger partial charge < -0.3 is 5.11 Å². The predicted octanol–water partition coefficient (Wildman–Crippen LogP) is 3.09. The number of aryl methyl sites for hydroxylation is 1. The van der Waals surface area contributed by atoms with Crippen LogP contribution in [-0.2, 0) is 0 Å². The number of pyridine rings is 1. The summed E-state index contributed by atoms with van der Waals surface area (Å²) in [5, 5.41) is 9.08. The molecule has 1 aromatic rings. The molecule has 3 heteroatoms. The normalized spacial score (nSPS) is 23.9. The van der Waals surface area contributed by atoms with E-state index in [9.17, 15) is 4.79 Å². The van der Waals surface area contributed by atoms with Gasteiger partial charge in [0, 0.05) is 5.69 Å². The number of carboxylic acid groups (broad SMARTS) is 1. The maximum Gasteiger partial charge on any atom is 0.337 e. The van der Waals surface area contributed by atoms with Gasteiger partial charge in [-0.3, -0.25) is 4.98 Å². The highest BCUT2D eigenvalue weighted by molar-refractivity contribution is 5.89. The van der Waals surface area contributed by atoms with E-state index in [-0.39, 0.29) is 0 Å². The Labute approximate surface area is 95.5 Å². The molecule has 0 spiro atoms. The smallest absolute Gasteiger partial charge is 0.337 e. The third kappa shape index (κ3) is 1.70. The van der Waals surface area contributed by atoms with E-state index in [1.165, 1.54) is 0 Å². The van der Waals surface area contributed by atoms with Crippen LogP contribution in [0.1, 0.15) is 65.8 Å². The Bertz CT molecular complexity index is 440. The molecule has 0 aliphatic heterocycles. The van der Waals surface area contributed by atoms with Crippen molar-refractivity contribution in [3.63, 3.8) is 0 Å². The molecule has 1 aliphatic carbocycles. The van der Waals surface area contributed by atoms with Crippen LogP contribution in [0, 0.1) is 6.92 Å². The molecule has 0 fully saturated rings. The minimum Gasteiger partial charge on any atom is -0.478 e. The molecule has 2 unspecified atom stereocenters. The number of fused-ring (bicyclic) bond motifs is 1. The van der Waals surface area contributed by atoms with Crippen molar-refractivity contribution in [3.05, 3.63) is 28.6 Å². The maximum atomic E-state index is 11.1. The van der Waals surface area contributed by atoms with E-state index in [2.05, 4.69) is 18.8 Å². The Morgan fingerprint density at radius 3 is 2.62 bits per heavy atom. The average Bonchev–Trinajstić information content (AvgIpc) is 2.23. The third-order valence-corrected chi connectivity index (χ3v) is 3.53. The lowest BCUT2D eigenvalue weighted by Gasteiger charge is -2.27. The SMILES string of the molecule is Cc1nc2c(cc1C(=O)O)C(C)CCC2C. The van der Waals surface area contributed by atoms with E-state index >= 15 is 0 Å². The summed E-state index contributed by atoms with van der Waals surface area (Å²) in [4.78, 5) is 15.5. The zero-order chi connectivity index (χ0) is 11.9. The Morgan fingerprint density at radius 1 is 1.38 bits per heavy atom. The summed E-state index contributed by atoms with van der Waals surface area (Å²) in [5.74, 6) is 0.00312. The van der Waals surface area contributed by atoms with E-state index in [4.69, 9.17) is 5.11 Å². The lowest BCUT2D eigenvalue weighted by molar-refractivity contribution is 0.0695. The molecule has 1 aromatic heterocycles. The summed E-state index contributed by atoms with van der Waals surface area (Å²) in [6, 6.07) is 1.82. The number of rotatable bonds is 1. The molecular formula is C13H17NO2. The van der Waals surface area contributed by atoms with Gasteiger partial charge in [0.25, 0.3) is 0 Å². The van der Waals surface area contributed by atoms with Crippen molar-refractivity contribution in [3.8, 4) is 0 Å². The zero-order valence-corrected chi connectivity index (χ0v) is 9.95. The molecule has 0 amide bonds. The molecule has 0 bridgehead atoms. The minimum absolute atomic E-state index is 0.347. The zero-order valence-electron chi connectivity index (χ0n) is 9.95. The second-order valence-corrected chi connectivity index (χ2v) is 4.78. The van der Waals surface area contributed by atoms with E-state index in [1.54, 1.807) is 6.92 Å². The number of aromatic nitrogens is 1. The van der Waals surface area contributed by atoms with Crippen LogP contribution in [0.15, 0.2) is 6.07 Å². The fourth-order valence-corrected chi connectivity index (χ4v) is 2.44. The minimum atomic E-state index is -0.877. The molecule has 0 aromatic carbocycles. The largest absolute Gasteiger partial charge is 0.478 e. The summed E-state index contributed by atoms with van der Waals surface area (Å²) in [7, 11) is 0. The molecule has 0 radical (unpaired) electrons. The first-order chi connectivity index (χ1) is 7.50. The fourth-order valence-electron chi connectivity index (χ4n) is 2.44. The van der Waals surface area contributed by atoms with Crippen LogP contribution in [0.5, 0.6) is 0 Å². The van der Waals surface area contributed by atoms with Gasteiger partial charge in [0.15, 0.2) is 0 Å². The molecular weight excluding hydrogens is 202 g/mol. The Morgan fingerprint density at radius 2 is 2.00 bits per heavy atom. The van der Waals surface area contributed by atoms with Crippen LogP contribution in [-0.4, -0.2) is 16.1 Å². The van der Waals surface area contributed by atoms with Crippen LogP contribution in [0.25, 0.3) is 0 Å². The highest BCUT2D eigenvalue weighted by Crippen LogP contribution is 2.37. The fraction of sp³-hybridized carbons (Fsp3) is 0.538. The van der Waals surface area contributed by atoms with Crippen LogP contribution in [0.3, 0.4) is 0 Å². The van der Waals surface area contributed by atoms with Gasteiger partial charge in [-0.15, -0.1) is 0 Å². The van der Waals surface area contributed by atoms with Crippen LogP contribution >= 0.6 is 0 Å². The molecule has 0 saturated heterocycles. The molecule has 16 heavy (non-hydrogen) atoms. The molecule has 1 aliphatic rings. The summed E-state index contributed by atoms with van der Waals surface area (Å²) < 4.78 is 0. The summed E-state index contributed by atoms with van der Waals surface area (Å²) in [5.41, 5.74) is 3.20. The van der Waals surface area contributed by atoms with Crippen molar-refractivity contribution >= 4 is 5.97 Å². The molecule has 86 valence electrons. The van der Waals surface area contributed by atoms with Gasteiger partial charge in [-0.05, 0) is 43.2 Å². The Balaban J connectivity index is 2.59. The second kappa shape index (κ2) is 3.89. The van der Waals surface area contributed by atoms with E-state index in [0.717, 1.165) is 24.1 Å². The monoisotopic (exact) mass is 219 g/mol. The van der Waals surface area contributed by atoms with Crippen LogP contribution in [0.2, 0.25) is 0 Å². The standard InChI is InChI=1S/C13H17NO2/c1-7-4-5-8(2)12-10(7)6-11(13(15)16)9(3)14-12/h6-8H,4-5H2,1-3H3,(H,15,16). The average molecular weight is 219 g/mol. The van der Waals surface area contributed by atoms with Gasteiger partial charge in [0.1, 0.15) is 0 Å². The van der Waals surface area contributed by atoms with Gasteiger partial charge in [-0.1, -0.05) is 13.8 Å². The first-order valence-corrected chi connectivity index (χ1v) is 5.75. The van der Waals surface area contributed by atoms with Gasteiger partial charge in [-0.2, -0.15) is 0 Å². The number of hydrogen-bond donors (Lipinski definition) is 1. The summed E-state index contributed by atoms with van der Waals surface area (Å²) in [6.07, 6.45) is 2.27. The number of carboxylic acids is 1. The third-order valence-electron chi connectivity index (χ3n) is 3.53. The highest BCUT2D eigenvalue weighted by atomic mass is 16.4. The lowest BCUT2D eigenvalue weighted by atomic mass is 9.80. The first-order valence-electron chi connectivity index (χ1n) is 5.75. The molecule has 0 saturated carbocycles. The van der Waals surface area contributed by atoms with Crippen LogP contribution < -0.4 is 0 Å². The van der Waals surface area contributed by atoms with Gasteiger partial charge in [-0.25, -0.2) is 4.79 Å². The van der Waals surface area contributed by atoms with Crippen molar-refractivity contribution in [1.82, 2.24) is 4.98 Å². The highest BCUT2D eigenvalue weighted by Gasteiger charge is 2.25. The van der Waals surface area contributed by atoms with Crippen molar-refractivity contribution in [2.75, 3.05) is 0 Å². The molecule has 3 nitrogen and oxygen atoms in total. The predicted molar refractivity (Wildman–Crippen MR) is 62.0 cm³/mol. The number of carbonyl (C=O) groups is 1. The molecule has 1 heterocycles. The number of aromatic carboxylic acids is 1. The lowest BCUT2D eigenvalue weighted by Crippen LogP contribution is -2.16. The quantitative estimate of drug-likeness (QED) is 0.789. The molecule has 1 N–H and O–H groups in total. The van der Waals surface area contributed by atoms with Gasteiger partial charge >= 0.3 is 5.97 Å². The van der Waals surface area contributed by atoms with Crippen molar-refractivity contribution in [2.24, 2.45) is 0 Å². The summed E-state index contributed by atoms with van der Waals surface area (Å²) in [6.45, 7) is 6.08. The van der Waals surface area contributed by atoms with E-state index in [0.29, 0.717) is 23.1 Å². The molecule has 2 atom stereocenters. The van der Waals surface area contributed by atoms with Gasteiger partial charge in [0.2, 0.25) is 0 Å². The van der Waals surface area contributed by atoms with E-state index < -0.39 is 5.97 Å². The Kier molecular flexibility index (Phi) is 2.70. The topological polar surface area (TPSA) is 50.2 Å². The number of nitrogens with zero attached hydrogens (tertiary/aromatic N) is 1. The van der Waals surface area contributed by atoms with Crippen molar-refractivity contribution in [1.29, 1.82) is 0 Å². The Hall–Kier alpha value is -1.38. The summed E-state index contributed by atoms with van der Waals surface area (Å²) >= 11 is 0. The maximum absolute atomic E-state index is 11.1. The van der Waals surface area contributed by atoms with Crippen LogP contribution in [0.4, 0.5) is 0 Å². The van der Waals surface area contributed by atoms with Crippen molar-refractivity contribution in [2.45, 2.75) is 45.4 Å². The number of hydrogen-bond acceptors (Lipinski definition) is 2.